The molecule has 8 N–H and O–H groups in total. The van der Waals surface area contributed by atoms with Crippen LogP contribution in [0.5, 0.6) is 5.75 Å². The normalized spacial score (nSPS) is 17.6. The minimum absolute atomic E-state index is 0.0397. The maximum absolute atomic E-state index is 13.0. The highest BCUT2D eigenvalue weighted by atomic mass is 32.3. The van der Waals surface area contributed by atoms with Gasteiger partial charge in [-0.2, -0.15) is 13.5 Å². The van der Waals surface area contributed by atoms with Crippen molar-refractivity contribution in [3.63, 3.8) is 0 Å². The number of amides is 2. The van der Waals surface area contributed by atoms with Gasteiger partial charge in [-0.15, -0.1) is 15.6 Å². The van der Waals surface area contributed by atoms with Gasteiger partial charge in [-0.05, 0) is 26.0 Å². The number of pyridine rings is 1. The summed E-state index contributed by atoms with van der Waals surface area (Å²) in [5, 5.41) is 24.5. The van der Waals surface area contributed by atoms with Gasteiger partial charge in [0.2, 0.25) is 0 Å². The van der Waals surface area contributed by atoms with E-state index in [1.54, 1.807) is 0 Å². The number of nitrogens with two attached hydrogens (primary N) is 2. The number of amidine groups is 1. The number of nitrogen functional groups attached to an aromatic ring is 2. The van der Waals surface area contributed by atoms with E-state index in [1.165, 1.54) is 37.6 Å². The van der Waals surface area contributed by atoms with Crippen LogP contribution in [-0.4, -0.2) is 86.7 Å². The van der Waals surface area contributed by atoms with E-state index in [0.29, 0.717) is 5.06 Å². The molecule has 0 aliphatic carbocycles. The molecular formula is C19H22N8O10S2. The molecule has 18 nitrogen and oxygen atoms in total. The highest BCUT2D eigenvalue weighted by Gasteiger charge is 2.58. The zero-order valence-electron chi connectivity index (χ0n) is 20.1. The minimum atomic E-state index is -5.01. The molecule has 20 heteroatoms. The first kappa shape index (κ1) is 29.2. The molecule has 2 aromatic rings. The first-order valence-corrected chi connectivity index (χ1v) is 12.8. The maximum Gasteiger partial charge on any atom is 0.418 e. The molecule has 0 radical (unpaired) electrons. The number of carboxylic acids is 1. The van der Waals surface area contributed by atoms with Crippen molar-refractivity contribution in [1.82, 2.24) is 20.3 Å². The van der Waals surface area contributed by atoms with Crippen LogP contribution in [0.25, 0.3) is 0 Å². The number of nitrogens with one attached hydrogen (secondary N) is 2. The van der Waals surface area contributed by atoms with Crippen LogP contribution in [0.3, 0.4) is 0 Å². The largest absolute Gasteiger partial charge is 0.487 e. The summed E-state index contributed by atoms with van der Waals surface area (Å²) in [7, 11) is -5.01. The van der Waals surface area contributed by atoms with E-state index in [-0.39, 0.29) is 28.1 Å². The second kappa shape index (κ2) is 11.1. The number of carbonyl (C=O) groups excluding carboxylic acids is 2. The van der Waals surface area contributed by atoms with Gasteiger partial charge < -0.3 is 31.5 Å². The highest BCUT2D eigenvalue weighted by molar-refractivity contribution is 7.80. The Balaban J connectivity index is 1.76. The number of oxime groups is 1. The average molecular weight is 587 g/mol. The second-order valence-corrected chi connectivity index (χ2v) is 10.1. The third kappa shape index (κ3) is 6.93. The van der Waals surface area contributed by atoms with E-state index in [9.17, 15) is 27.9 Å². The molecule has 0 bridgehead atoms. The van der Waals surface area contributed by atoms with Gasteiger partial charge in [-0.1, -0.05) is 5.16 Å². The molecule has 3 rings (SSSR count). The molecule has 1 unspecified atom stereocenters. The number of β-lactam (4-membered cyclic amide) rings is 1. The number of anilines is 1. The van der Waals surface area contributed by atoms with E-state index in [0.717, 1.165) is 11.3 Å². The molecule has 1 saturated heterocycles. The number of aliphatic carboxylic acids is 1. The Morgan fingerprint density at radius 2 is 2.05 bits per heavy atom. The first-order chi connectivity index (χ1) is 18.1. The lowest BCUT2D eigenvalue weighted by molar-refractivity contribution is -0.218. The van der Waals surface area contributed by atoms with Crippen molar-refractivity contribution in [3.8, 4) is 5.75 Å². The summed E-state index contributed by atoms with van der Waals surface area (Å²) in [5.41, 5.74) is 9.03. The molecule has 0 spiro atoms. The molecule has 39 heavy (non-hydrogen) atoms. The molecule has 2 amide bonds. The molecule has 1 fully saturated rings. The number of rotatable bonds is 12. The fourth-order valence-electron chi connectivity index (χ4n) is 3.08. The van der Waals surface area contributed by atoms with Crippen LogP contribution in [-0.2, 0) is 33.9 Å². The summed E-state index contributed by atoms with van der Waals surface area (Å²) in [5.74, 6) is -3.70. The molecule has 210 valence electrons. The number of hydroxylamine groups is 2. The van der Waals surface area contributed by atoms with Crippen molar-refractivity contribution in [2.45, 2.75) is 31.5 Å². The number of hydrogen-bond acceptors (Lipinski definition) is 14. The molecule has 0 saturated carbocycles. The predicted octanol–water partition coefficient (Wildman–Crippen LogP) is -1.50. The molecule has 2 atom stereocenters. The van der Waals surface area contributed by atoms with Crippen LogP contribution in [0.1, 0.15) is 25.2 Å². The summed E-state index contributed by atoms with van der Waals surface area (Å²) < 4.78 is 40.4. The van der Waals surface area contributed by atoms with Crippen molar-refractivity contribution in [3.05, 3.63) is 35.1 Å². The van der Waals surface area contributed by atoms with Crippen molar-refractivity contribution in [2.24, 2.45) is 10.9 Å². The molecule has 3 heterocycles. The van der Waals surface area contributed by atoms with Crippen molar-refractivity contribution < 1.29 is 46.3 Å². The van der Waals surface area contributed by atoms with Gasteiger partial charge in [0.15, 0.2) is 10.8 Å². The number of nitrogens with zero attached hydrogens (tertiary/aromatic N) is 4. The van der Waals surface area contributed by atoms with Crippen molar-refractivity contribution in [2.75, 3.05) is 12.3 Å². The summed E-state index contributed by atoms with van der Waals surface area (Å²) in [6, 6.07) is 1.44. The van der Waals surface area contributed by atoms with Crippen LogP contribution < -0.4 is 21.5 Å². The Hall–Kier alpha value is -4.40. The van der Waals surface area contributed by atoms with Gasteiger partial charge in [-0.25, -0.2) is 14.8 Å². The quantitative estimate of drug-likeness (QED) is 0.0542. The summed E-state index contributed by atoms with van der Waals surface area (Å²) in [4.78, 5) is 50.0. The van der Waals surface area contributed by atoms with Crippen LogP contribution in [0.2, 0.25) is 0 Å². The highest BCUT2D eigenvalue weighted by Crippen LogP contribution is 2.33. The number of carboxylic acid groups (broad SMARTS) is 1. The Morgan fingerprint density at radius 1 is 1.36 bits per heavy atom. The smallest absolute Gasteiger partial charge is 0.418 e. The molecule has 1 aliphatic heterocycles. The summed E-state index contributed by atoms with van der Waals surface area (Å²) >= 11 is 0.936. The number of aromatic nitrogens is 2. The molecular weight excluding hydrogens is 564 g/mol. The number of thiazole rings is 1. The van der Waals surface area contributed by atoms with Crippen LogP contribution in [0.15, 0.2) is 28.9 Å². The Kier molecular flexibility index (Phi) is 8.33. The Bertz CT molecular complexity index is 1420. The van der Waals surface area contributed by atoms with E-state index in [1.807, 2.05) is 0 Å². The maximum atomic E-state index is 13.0. The van der Waals surface area contributed by atoms with Crippen LogP contribution >= 0.6 is 11.3 Å². The minimum Gasteiger partial charge on any atom is -0.487 e. The predicted molar refractivity (Wildman–Crippen MR) is 132 cm³/mol. The molecule has 2 aromatic heterocycles. The third-order valence-electron chi connectivity index (χ3n) is 5.06. The first-order valence-electron chi connectivity index (χ1n) is 10.5. The van der Waals surface area contributed by atoms with E-state index in [4.69, 9.17) is 31.0 Å². The topological polar surface area (TPSA) is 283 Å². The molecule has 1 aliphatic rings. The summed E-state index contributed by atoms with van der Waals surface area (Å²) in [6.07, 6.45) is -0.515. The zero-order valence-corrected chi connectivity index (χ0v) is 21.7. The molecule has 0 aromatic carbocycles. The van der Waals surface area contributed by atoms with Gasteiger partial charge in [0, 0.05) is 5.38 Å². The van der Waals surface area contributed by atoms with Gasteiger partial charge >= 0.3 is 16.4 Å². The number of ether oxygens (including phenoxy) is 1. The van der Waals surface area contributed by atoms with Crippen molar-refractivity contribution in [1.29, 1.82) is 5.41 Å². The van der Waals surface area contributed by atoms with E-state index in [2.05, 4.69) is 24.7 Å². The van der Waals surface area contributed by atoms with Gasteiger partial charge in [0.25, 0.3) is 17.9 Å². The third-order valence-corrected chi connectivity index (χ3v) is 6.07. The average Bonchev–Trinajstić information content (AvgIpc) is 3.28. The Labute approximate surface area is 224 Å². The van der Waals surface area contributed by atoms with Gasteiger partial charge in [0.05, 0.1) is 11.7 Å². The lowest BCUT2D eigenvalue weighted by Gasteiger charge is -2.50. The zero-order chi connectivity index (χ0) is 29.1. The lowest BCUT2D eigenvalue weighted by atomic mass is 9.84. The van der Waals surface area contributed by atoms with Gasteiger partial charge in [-0.3, -0.25) is 19.6 Å². The fraction of sp³-hybridized carbons (Fsp3) is 0.316. The van der Waals surface area contributed by atoms with E-state index < -0.39 is 58.2 Å². The second-order valence-electron chi connectivity index (χ2n) is 8.24. The van der Waals surface area contributed by atoms with Crippen LogP contribution in [0, 0.1) is 5.41 Å². The Morgan fingerprint density at radius 3 is 2.54 bits per heavy atom. The summed E-state index contributed by atoms with van der Waals surface area (Å²) in [6.45, 7) is 2.10. The van der Waals surface area contributed by atoms with Crippen LogP contribution in [0.4, 0.5) is 5.13 Å². The van der Waals surface area contributed by atoms with Crippen molar-refractivity contribution >= 4 is 56.2 Å². The SMILES string of the molecule is CC1(C)[C@H](NC(=O)/C(=N\OC(COc2ccc(C(=N)N)nc2)C(=O)O)c2csc(N)n2)C(=O)N1OS(=O)(=O)O. The fourth-order valence-corrected chi connectivity index (χ4v) is 4.08. The monoisotopic (exact) mass is 586 g/mol. The van der Waals surface area contributed by atoms with E-state index >= 15 is 0 Å². The standard InChI is InChI=1S/C19H22N8O10S2/c1-19(2)13(16(29)27(19)37-39(32,33)34)25-15(28)12(10-7-38-18(22)24-10)26-36-11(17(30)31)6-35-8-3-4-9(14(20)21)23-5-8/h3-5,7,11,13H,6H2,1-2H3,(H3,20,21)(H2,22,24)(H,25,28)(H,30,31)(H,32,33,34)/b26-12-/t11?,13-/m1/s1. The number of hydrogen-bond donors (Lipinski definition) is 6. The lowest BCUT2D eigenvalue weighted by Crippen LogP contribution is -2.76. The number of carbonyl (C=O) groups is 3. The van der Waals surface area contributed by atoms with Gasteiger partial charge in [0.1, 0.15) is 35.6 Å².